The third-order valence-corrected chi connectivity index (χ3v) is 2.22. The first-order valence-electron chi connectivity index (χ1n) is 4.62. The average molecular weight is 210 g/mol. The van der Waals surface area contributed by atoms with Gasteiger partial charge in [-0.1, -0.05) is 13.0 Å². The summed E-state index contributed by atoms with van der Waals surface area (Å²) in [6.07, 6.45) is 0.716. The monoisotopic (exact) mass is 210 g/mol. The Morgan fingerprint density at radius 3 is 2.40 bits per heavy atom. The standard InChI is InChI=1S/C11H14O4/c1-4-7-5-6-8(14-2)9(11(12)13)10(7)15-3/h5-6H,4H2,1-3H3,(H,12,13). The minimum Gasteiger partial charge on any atom is -0.496 e. The van der Waals surface area contributed by atoms with E-state index in [1.807, 2.05) is 13.0 Å². The lowest BCUT2D eigenvalue weighted by Crippen LogP contribution is -2.06. The van der Waals surface area contributed by atoms with Crippen molar-refractivity contribution in [3.63, 3.8) is 0 Å². The summed E-state index contributed by atoms with van der Waals surface area (Å²) in [6.45, 7) is 1.94. The molecule has 0 unspecified atom stereocenters. The number of benzene rings is 1. The molecule has 0 radical (unpaired) electrons. The Morgan fingerprint density at radius 1 is 1.33 bits per heavy atom. The number of carboxylic acid groups (broad SMARTS) is 1. The van der Waals surface area contributed by atoms with Crippen LogP contribution in [0.3, 0.4) is 0 Å². The van der Waals surface area contributed by atoms with E-state index in [-0.39, 0.29) is 5.56 Å². The molecule has 1 rings (SSSR count). The second-order valence-electron chi connectivity index (χ2n) is 2.99. The number of hydrogen-bond donors (Lipinski definition) is 1. The Bertz CT molecular complexity index is 371. The Hall–Kier alpha value is -1.71. The molecule has 0 spiro atoms. The van der Waals surface area contributed by atoms with Crippen LogP contribution in [-0.2, 0) is 6.42 Å². The van der Waals surface area contributed by atoms with Crippen LogP contribution in [0.25, 0.3) is 0 Å². The van der Waals surface area contributed by atoms with Gasteiger partial charge in [-0.3, -0.25) is 0 Å². The molecule has 0 aliphatic heterocycles. The van der Waals surface area contributed by atoms with E-state index in [1.54, 1.807) is 6.07 Å². The maximum Gasteiger partial charge on any atom is 0.343 e. The fourth-order valence-electron chi connectivity index (χ4n) is 1.49. The fraction of sp³-hybridized carbons (Fsp3) is 0.364. The van der Waals surface area contributed by atoms with Crippen LogP contribution in [0.15, 0.2) is 12.1 Å². The van der Waals surface area contributed by atoms with Gasteiger partial charge in [-0.05, 0) is 18.1 Å². The molecule has 0 saturated carbocycles. The molecular formula is C11H14O4. The van der Waals surface area contributed by atoms with Crippen molar-refractivity contribution >= 4 is 5.97 Å². The highest BCUT2D eigenvalue weighted by atomic mass is 16.5. The van der Waals surface area contributed by atoms with E-state index >= 15 is 0 Å². The van der Waals surface area contributed by atoms with E-state index in [9.17, 15) is 4.79 Å². The molecular weight excluding hydrogens is 196 g/mol. The number of rotatable bonds is 4. The van der Waals surface area contributed by atoms with Crippen LogP contribution < -0.4 is 9.47 Å². The highest BCUT2D eigenvalue weighted by Crippen LogP contribution is 2.32. The van der Waals surface area contributed by atoms with Crippen molar-refractivity contribution in [3.05, 3.63) is 23.3 Å². The van der Waals surface area contributed by atoms with Crippen molar-refractivity contribution in [3.8, 4) is 11.5 Å². The minimum absolute atomic E-state index is 0.0827. The molecule has 0 amide bonds. The minimum atomic E-state index is -1.04. The van der Waals surface area contributed by atoms with Gasteiger partial charge >= 0.3 is 5.97 Å². The molecule has 4 heteroatoms. The lowest BCUT2D eigenvalue weighted by molar-refractivity contribution is 0.0689. The third kappa shape index (κ3) is 2.03. The summed E-state index contributed by atoms with van der Waals surface area (Å²) in [7, 11) is 2.90. The van der Waals surface area contributed by atoms with Crippen molar-refractivity contribution < 1.29 is 19.4 Å². The summed E-state index contributed by atoms with van der Waals surface area (Å²) in [5.41, 5.74) is 0.940. The Balaban J connectivity index is 3.44. The number of aromatic carboxylic acids is 1. The summed E-state index contributed by atoms with van der Waals surface area (Å²) in [5.74, 6) is -0.347. The smallest absolute Gasteiger partial charge is 0.343 e. The van der Waals surface area contributed by atoms with Crippen LogP contribution in [0.4, 0.5) is 0 Å². The van der Waals surface area contributed by atoms with Gasteiger partial charge in [0.15, 0.2) is 0 Å². The predicted octanol–water partition coefficient (Wildman–Crippen LogP) is 1.96. The zero-order valence-electron chi connectivity index (χ0n) is 9.03. The van der Waals surface area contributed by atoms with Gasteiger partial charge in [-0.2, -0.15) is 0 Å². The maximum atomic E-state index is 11.1. The molecule has 0 heterocycles. The van der Waals surface area contributed by atoms with Gasteiger partial charge in [0.05, 0.1) is 14.2 Å². The first kappa shape index (κ1) is 11.4. The van der Waals surface area contributed by atoms with Crippen molar-refractivity contribution in [2.45, 2.75) is 13.3 Å². The third-order valence-electron chi connectivity index (χ3n) is 2.22. The van der Waals surface area contributed by atoms with Crippen molar-refractivity contribution in [1.29, 1.82) is 0 Å². The largest absolute Gasteiger partial charge is 0.496 e. The number of methoxy groups -OCH3 is 2. The molecule has 15 heavy (non-hydrogen) atoms. The first-order valence-corrected chi connectivity index (χ1v) is 4.62. The van der Waals surface area contributed by atoms with Gasteiger partial charge in [0.2, 0.25) is 0 Å². The summed E-state index contributed by atoms with van der Waals surface area (Å²) in [6, 6.07) is 3.45. The quantitative estimate of drug-likeness (QED) is 0.825. The van der Waals surface area contributed by atoms with Crippen LogP contribution >= 0.6 is 0 Å². The number of hydrogen-bond acceptors (Lipinski definition) is 3. The van der Waals surface area contributed by atoms with E-state index in [2.05, 4.69) is 0 Å². The van der Waals surface area contributed by atoms with E-state index in [0.717, 1.165) is 5.56 Å². The second-order valence-corrected chi connectivity index (χ2v) is 2.99. The van der Waals surface area contributed by atoms with E-state index in [1.165, 1.54) is 14.2 Å². The van der Waals surface area contributed by atoms with Crippen molar-refractivity contribution in [2.24, 2.45) is 0 Å². The molecule has 0 atom stereocenters. The number of aryl methyl sites for hydroxylation is 1. The van der Waals surface area contributed by atoms with Crippen LogP contribution in [0, 0.1) is 0 Å². The highest BCUT2D eigenvalue weighted by molar-refractivity contribution is 5.94. The average Bonchev–Trinajstić information content (AvgIpc) is 2.26. The molecule has 0 fully saturated rings. The molecule has 0 aliphatic carbocycles. The van der Waals surface area contributed by atoms with Gasteiger partial charge in [0.25, 0.3) is 0 Å². The topological polar surface area (TPSA) is 55.8 Å². The summed E-state index contributed by atoms with van der Waals surface area (Å²) in [5, 5.41) is 9.07. The zero-order valence-corrected chi connectivity index (χ0v) is 9.03. The highest BCUT2D eigenvalue weighted by Gasteiger charge is 2.19. The van der Waals surface area contributed by atoms with E-state index in [0.29, 0.717) is 17.9 Å². The molecule has 0 bridgehead atoms. The normalized spacial score (nSPS) is 9.80. The fourth-order valence-corrected chi connectivity index (χ4v) is 1.49. The molecule has 0 aliphatic rings. The summed E-state index contributed by atoms with van der Waals surface area (Å²) in [4.78, 5) is 11.1. The second kappa shape index (κ2) is 4.68. The SMILES string of the molecule is CCc1ccc(OC)c(C(=O)O)c1OC. The maximum absolute atomic E-state index is 11.1. The molecule has 1 N–H and O–H groups in total. The zero-order chi connectivity index (χ0) is 11.4. The van der Waals surface area contributed by atoms with E-state index < -0.39 is 5.97 Å². The summed E-state index contributed by atoms with van der Waals surface area (Å²) < 4.78 is 10.1. The predicted molar refractivity (Wildman–Crippen MR) is 55.9 cm³/mol. The molecule has 1 aromatic carbocycles. The van der Waals surface area contributed by atoms with E-state index in [4.69, 9.17) is 14.6 Å². The van der Waals surface area contributed by atoms with Crippen LogP contribution in [-0.4, -0.2) is 25.3 Å². The number of ether oxygens (including phenoxy) is 2. The lowest BCUT2D eigenvalue weighted by atomic mass is 10.1. The van der Waals surface area contributed by atoms with Gasteiger partial charge in [-0.15, -0.1) is 0 Å². The van der Waals surface area contributed by atoms with Crippen LogP contribution in [0.5, 0.6) is 11.5 Å². The van der Waals surface area contributed by atoms with Gasteiger partial charge in [-0.25, -0.2) is 4.79 Å². The van der Waals surface area contributed by atoms with Gasteiger partial charge in [0, 0.05) is 0 Å². The molecule has 0 saturated heterocycles. The first-order chi connectivity index (χ1) is 7.15. The molecule has 1 aromatic rings. The Labute approximate surface area is 88.4 Å². The van der Waals surface area contributed by atoms with Crippen molar-refractivity contribution in [1.82, 2.24) is 0 Å². The number of carbonyl (C=O) groups is 1. The number of carboxylic acids is 1. The van der Waals surface area contributed by atoms with Gasteiger partial charge < -0.3 is 14.6 Å². The van der Waals surface area contributed by atoms with Crippen molar-refractivity contribution in [2.75, 3.05) is 14.2 Å². The van der Waals surface area contributed by atoms with Crippen LogP contribution in [0.2, 0.25) is 0 Å². The van der Waals surface area contributed by atoms with Gasteiger partial charge in [0.1, 0.15) is 17.1 Å². The summed E-state index contributed by atoms with van der Waals surface area (Å²) >= 11 is 0. The Kier molecular flexibility index (Phi) is 3.55. The molecule has 82 valence electrons. The molecule has 0 aromatic heterocycles. The van der Waals surface area contributed by atoms with Crippen LogP contribution in [0.1, 0.15) is 22.8 Å². The molecule has 4 nitrogen and oxygen atoms in total. The lowest BCUT2D eigenvalue weighted by Gasteiger charge is -2.13. The Morgan fingerprint density at radius 2 is 2.00 bits per heavy atom.